The summed E-state index contributed by atoms with van der Waals surface area (Å²) in [5, 5.41) is 10.8. The SMILES string of the molecule is Cc1ccc(-n2nnc(C(=O)NC(C)c3ccccc3)c2N)cc1. The highest BCUT2D eigenvalue weighted by atomic mass is 16.2. The molecule has 1 atom stereocenters. The first-order chi connectivity index (χ1) is 11.6. The topological polar surface area (TPSA) is 85.8 Å². The van der Waals surface area contributed by atoms with Gasteiger partial charge < -0.3 is 11.1 Å². The van der Waals surface area contributed by atoms with E-state index in [0.29, 0.717) is 0 Å². The van der Waals surface area contributed by atoms with E-state index in [1.165, 1.54) is 4.68 Å². The molecule has 1 aromatic heterocycles. The van der Waals surface area contributed by atoms with E-state index >= 15 is 0 Å². The largest absolute Gasteiger partial charge is 0.382 e. The van der Waals surface area contributed by atoms with Crippen LogP contribution in [0.15, 0.2) is 54.6 Å². The number of benzene rings is 2. The number of nitrogens with one attached hydrogen (secondary N) is 1. The second-order valence-electron chi connectivity index (χ2n) is 5.68. The molecule has 0 saturated carbocycles. The van der Waals surface area contributed by atoms with Gasteiger partial charge in [0.15, 0.2) is 11.5 Å². The Bertz CT molecular complexity index is 840. The summed E-state index contributed by atoms with van der Waals surface area (Å²) in [4.78, 5) is 12.4. The van der Waals surface area contributed by atoms with Crippen molar-refractivity contribution in [2.75, 3.05) is 5.73 Å². The normalized spacial score (nSPS) is 11.9. The maximum absolute atomic E-state index is 12.4. The molecule has 0 bridgehead atoms. The second-order valence-corrected chi connectivity index (χ2v) is 5.68. The fourth-order valence-corrected chi connectivity index (χ4v) is 2.42. The Morgan fingerprint density at radius 1 is 1.12 bits per heavy atom. The van der Waals surface area contributed by atoms with Gasteiger partial charge in [0, 0.05) is 0 Å². The van der Waals surface area contributed by atoms with E-state index in [1.54, 1.807) is 0 Å². The lowest BCUT2D eigenvalue weighted by molar-refractivity contribution is 0.0935. The van der Waals surface area contributed by atoms with Crippen molar-refractivity contribution < 1.29 is 4.79 Å². The minimum atomic E-state index is -0.345. The van der Waals surface area contributed by atoms with Crippen molar-refractivity contribution >= 4 is 11.7 Å². The Hall–Kier alpha value is -3.15. The molecule has 0 spiro atoms. The number of nitrogen functional groups attached to an aromatic ring is 1. The van der Waals surface area contributed by atoms with Gasteiger partial charge in [-0.2, -0.15) is 4.68 Å². The first kappa shape index (κ1) is 15.7. The molecule has 1 heterocycles. The summed E-state index contributed by atoms with van der Waals surface area (Å²) in [6.45, 7) is 3.91. The third-order valence-corrected chi connectivity index (χ3v) is 3.85. The van der Waals surface area contributed by atoms with Crippen molar-refractivity contribution in [3.8, 4) is 5.69 Å². The Morgan fingerprint density at radius 3 is 2.46 bits per heavy atom. The van der Waals surface area contributed by atoms with Gasteiger partial charge in [-0.15, -0.1) is 5.10 Å². The molecule has 0 fully saturated rings. The van der Waals surface area contributed by atoms with E-state index in [-0.39, 0.29) is 23.5 Å². The smallest absolute Gasteiger partial charge is 0.276 e. The van der Waals surface area contributed by atoms with Gasteiger partial charge in [-0.25, -0.2) is 0 Å². The monoisotopic (exact) mass is 321 g/mol. The summed E-state index contributed by atoms with van der Waals surface area (Å²) < 4.78 is 1.46. The minimum Gasteiger partial charge on any atom is -0.382 e. The molecular weight excluding hydrogens is 302 g/mol. The summed E-state index contributed by atoms with van der Waals surface area (Å²) in [7, 11) is 0. The number of amides is 1. The summed E-state index contributed by atoms with van der Waals surface area (Å²) in [5.74, 6) is -0.126. The van der Waals surface area contributed by atoms with E-state index in [1.807, 2.05) is 68.4 Å². The zero-order valence-electron chi connectivity index (χ0n) is 13.6. The van der Waals surface area contributed by atoms with E-state index in [2.05, 4.69) is 15.6 Å². The molecule has 0 aliphatic carbocycles. The van der Waals surface area contributed by atoms with Gasteiger partial charge in [0.1, 0.15) is 0 Å². The van der Waals surface area contributed by atoms with Gasteiger partial charge in [-0.05, 0) is 31.5 Å². The van der Waals surface area contributed by atoms with Crippen molar-refractivity contribution in [2.45, 2.75) is 19.9 Å². The standard InChI is InChI=1S/C18H19N5O/c1-12-8-10-15(11-9-12)23-17(19)16(21-22-23)18(24)20-13(2)14-6-4-3-5-7-14/h3-11,13H,19H2,1-2H3,(H,20,24). The molecule has 0 saturated heterocycles. The summed E-state index contributed by atoms with van der Waals surface area (Å²) in [6.07, 6.45) is 0. The Labute approximate surface area is 140 Å². The van der Waals surface area contributed by atoms with Crippen LogP contribution in [0.25, 0.3) is 5.69 Å². The highest BCUT2D eigenvalue weighted by Gasteiger charge is 2.20. The van der Waals surface area contributed by atoms with Crippen molar-refractivity contribution in [1.29, 1.82) is 0 Å². The fourth-order valence-electron chi connectivity index (χ4n) is 2.42. The van der Waals surface area contributed by atoms with E-state index in [4.69, 9.17) is 5.73 Å². The van der Waals surface area contributed by atoms with Crippen LogP contribution in [-0.4, -0.2) is 20.9 Å². The Kier molecular flexibility index (Phi) is 4.29. The predicted molar refractivity (Wildman–Crippen MR) is 92.8 cm³/mol. The van der Waals surface area contributed by atoms with Crippen LogP contribution in [-0.2, 0) is 0 Å². The lowest BCUT2D eigenvalue weighted by atomic mass is 10.1. The number of aryl methyl sites for hydroxylation is 1. The molecule has 3 rings (SSSR count). The third-order valence-electron chi connectivity index (χ3n) is 3.85. The van der Waals surface area contributed by atoms with Gasteiger partial charge in [0.05, 0.1) is 11.7 Å². The number of carbonyl (C=O) groups excluding carboxylic acids is 1. The molecule has 2 aromatic carbocycles. The van der Waals surface area contributed by atoms with Crippen LogP contribution in [0.5, 0.6) is 0 Å². The summed E-state index contributed by atoms with van der Waals surface area (Å²) >= 11 is 0. The quantitative estimate of drug-likeness (QED) is 0.773. The molecule has 6 nitrogen and oxygen atoms in total. The number of aromatic nitrogens is 3. The number of hydrogen-bond donors (Lipinski definition) is 2. The lowest BCUT2D eigenvalue weighted by Gasteiger charge is -2.13. The molecule has 6 heteroatoms. The molecule has 24 heavy (non-hydrogen) atoms. The van der Waals surface area contributed by atoms with Crippen LogP contribution in [0.2, 0.25) is 0 Å². The van der Waals surface area contributed by atoms with Crippen molar-refractivity contribution in [3.63, 3.8) is 0 Å². The number of anilines is 1. The van der Waals surface area contributed by atoms with Gasteiger partial charge in [0.2, 0.25) is 0 Å². The molecule has 0 aliphatic rings. The zero-order chi connectivity index (χ0) is 17.1. The van der Waals surface area contributed by atoms with Crippen LogP contribution in [0.1, 0.15) is 34.6 Å². The van der Waals surface area contributed by atoms with Gasteiger partial charge in [-0.1, -0.05) is 53.2 Å². The molecule has 0 radical (unpaired) electrons. The first-order valence-corrected chi connectivity index (χ1v) is 7.70. The zero-order valence-corrected chi connectivity index (χ0v) is 13.6. The molecule has 1 unspecified atom stereocenters. The van der Waals surface area contributed by atoms with Crippen molar-refractivity contribution in [1.82, 2.24) is 20.3 Å². The van der Waals surface area contributed by atoms with Crippen LogP contribution >= 0.6 is 0 Å². The average molecular weight is 321 g/mol. The molecule has 3 N–H and O–H groups in total. The number of nitrogens with two attached hydrogens (primary N) is 1. The molecule has 122 valence electrons. The fraction of sp³-hybridized carbons (Fsp3) is 0.167. The molecule has 1 amide bonds. The molecule has 3 aromatic rings. The summed E-state index contributed by atoms with van der Waals surface area (Å²) in [6, 6.07) is 17.2. The number of hydrogen-bond acceptors (Lipinski definition) is 4. The van der Waals surface area contributed by atoms with E-state index in [0.717, 1.165) is 16.8 Å². The maximum Gasteiger partial charge on any atom is 0.276 e. The van der Waals surface area contributed by atoms with Crippen LogP contribution < -0.4 is 11.1 Å². The van der Waals surface area contributed by atoms with Crippen LogP contribution in [0.4, 0.5) is 5.82 Å². The predicted octanol–water partition coefficient (Wildman–Crippen LogP) is 2.65. The van der Waals surface area contributed by atoms with Crippen molar-refractivity contribution in [2.24, 2.45) is 0 Å². The molecule has 0 aliphatic heterocycles. The van der Waals surface area contributed by atoms with Crippen LogP contribution in [0.3, 0.4) is 0 Å². The number of carbonyl (C=O) groups is 1. The summed E-state index contributed by atoms with van der Waals surface area (Å²) in [5.41, 5.74) is 9.10. The first-order valence-electron chi connectivity index (χ1n) is 7.70. The minimum absolute atomic E-state index is 0.123. The Balaban J connectivity index is 1.80. The van der Waals surface area contributed by atoms with Crippen molar-refractivity contribution in [3.05, 3.63) is 71.4 Å². The van der Waals surface area contributed by atoms with Gasteiger partial charge >= 0.3 is 0 Å². The van der Waals surface area contributed by atoms with Crippen LogP contribution in [0, 0.1) is 6.92 Å². The van der Waals surface area contributed by atoms with Gasteiger partial charge in [-0.3, -0.25) is 4.79 Å². The number of nitrogens with zero attached hydrogens (tertiary/aromatic N) is 3. The Morgan fingerprint density at radius 2 is 1.79 bits per heavy atom. The van der Waals surface area contributed by atoms with Gasteiger partial charge in [0.25, 0.3) is 5.91 Å². The third kappa shape index (κ3) is 3.12. The second kappa shape index (κ2) is 6.54. The lowest BCUT2D eigenvalue weighted by Crippen LogP contribution is -2.27. The number of rotatable bonds is 4. The highest BCUT2D eigenvalue weighted by molar-refractivity contribution is 5.96. The molecular formula is C18H19N5O. The van der Waals surface area contributed by atoms with E-state index in [9.17, 15) is 4.79 Å². The average Bonchev–Trinajstić information content (AvgIpc) is 2.98. The maximum atomic E-state index is 12.4. The van der Waals surface area contributed by atoms with E-state index < -0.39 is 0 Å². The highest BCUT2D eigenvalue weighted by Crippen LogP contribution is 2.17.